The molecule has 0 aliphatic rings. The van der Waals surface area contributed by atoms with E-state index >= 15 is 0 Å². The molecule has 2 amide bonds. The van der Waals surface area contributed by atoms with Gasteiger partial charge in [0.1, 0.15) is 11.5 Å². The molecular formula is C21H27N3O6S. The average molecular weight is 450 g/mol. The number of benzene rings is 2. The number of ether oxygens (including phenoxy) is 2. The topological polar surface area (TPSA) is 114 Å². The first kappa shape index (κ1) is 24.2. The summed E-state index contributed by atoms with van der Waals surface area (Å²) in [6.07, 6.45) is 0. The Kier molecular flexibility index (Phi) is 8.01. The largest absolute Gasteiger partial charge is 0.496 e. The lowest BCUT2D eigenvalue weighted by Crippen LogP contribution is -2.30. The van der Waals surface area contributed by atoms with Gasteiger partial charge in [0.2, 0.25) is 15.9 Å². The van der Waals surface area contributed by atoms with E-state index in [0.29, 0.717) is 30.2 Å². The van der Waals surface area contributed by atoms with Crippen LogP contribution in [-0.2, 0) is 14.8 Å². The smallest absolute Gasteiger partial charge is 0.259 e. The second-order valence-corrected chi connectivity index (χ2v) is 8.44. The van der Waals surface area contributed by atoms with Gasteiger partial charge in [0.25, 0.3) is 5.91 Å². The van der Waals surface area contributed by atoms with Crippen LogP contribution in [0, 0.1) is 0 Å². The van der Waals surface area contributed by atoms with Crippen LogP contribution in [0.15, 0.2) is 41.3 Å². The van der Waals surface area contributed by atoms with Gasteiger partial charge in [-0.15, -0.1) is 0 Å². The molecule has 0 aliphatic carbocycles. The first-order valence-electron chi connectivity index (χ1n) is 9.63. The van der Waals surface area contributed by atoms with Gasteiger partial charge in [-0.05, 0) is 36.4 Å². The highest BCUT2D eigenvalue weighted by Gasteiger charge is 2.24. The Bertz CT molecular complexity index is 1060. The minimum absolute atomic E-state index is 0.00387. The number of carbonyl (C=O) groups is 2. The standard InChI is InChI=1S/C21H27N3O6S/c1-6-24(7-2)31(27,28)16-9-11-19(29-4)17(13-16)21(26)23-15-8-10-20(30-5)18(12-15)22-14(3)25/h8-13H,6-7H2,1-5H3,(H,22,25)(H,23,26). The van der Waals surface area contributed by atoms with Crippen molar-refractivity contribution in [3.63, 3.8) is 0 Å². The summed E-state index contributed by atoms with van der Waals surface area (Å²) in [7, 11) is -0.891. The van der Waals surface area contributed by atoms with Crippen LogP contribution in [0.4, 0.5) is 11.4 Å². The number of amides is 2. The van der Waals surface area contributed by atoms with E-state index < -0.39 is 15.9 Å². The summed E-state index contributed by atoms with van der Waals surface area (Å²) in [6.45, 7) is 5.47. The van der Waals surface area contributed by atoms with Crippen molar-refractivity contribution in [3.8, 4) is 11.5 Å². The van der Waals surface area contributed by atoms with E-state index in [4.69, 9.17) is 9.47 Å². The van der Waals surface area contributed by atoms with Crippen LogP contribution in [0.1, 0.15) is 31.1 Å². The molecule has 2 rings (SSSR count). The van der Waals surface area contributed by atoms with Crippen molar-refractivity contribution in [1.82, 2.24) is 4.31 Å². The number of anilines is 2. The second kappa shape index (κ2) is 10.3. The summed E-state index contributed by atoms with van der Waals surface area (Å²) >= 11 is 0. The predicted molar refractivity (Wildman–Crippen MR) is 118 cm³/mol. The number of sulfonamides is 1. The lowest BCUT2D eigenvalue weighted by Gasteiger charge is -2.19. The number of nitrogens with one attached hydrogen (secondary N) is 2. The summed E-state index contributed by atoms with van der Waals surface area (Å²) < 4.78 is 37.5. The molecule has 10 heteroatoms. The minimum Gasteiger partial charge on any atom is -0.496 e. The van der Waals surface area contributed by atoms with E-state index in [0.717, 1.165) is 0 Å². The van der Waals surface area contributed by atoms with E-state index in [1.165, 1.54) is 43.6 Å². The first-order chi connectivity index (χ1) is 14.7. The number of rotatable bonds is 9. The van der Waals surface area contributed by atoms with Gasteiger partial charge >= 0.3 is 0 Å². The molecule has 0 heterocycles. The fraction of sp³-hybridized carbons (Fsp3) is 0.333. The number of hydrogen-bond donors (Lipinski definition) is 2. The van der Waals surface area contributed by atoms with Gasteiger partial charge in [-0.25, -0.2) is 8.42 Å². The van der Waals surface area contributed by atoms with E-state index in [-0.39, 0.29) is 22.1 Å². The molecule has 0 bridgehead atoms. The van der Waals surface area contributed by atoms with Crippen LogP contribution in [0.2, 0.25) is 0 Å². The van der Waals surface area contributed by atoms with Gasteiger partial charge in [0.05, 0.1) is 30.4 Å². The molecule has 2 aromatic rings. The maximum absolute atomic E-state index is 13.0. The molecule has 9 nitrogen and oxygen atoms in total. The highest BCUT2D eigenvalue weighted by molar-refractivity contribution is 7.89. The van der Waals surface area contributed by atoms with Gasteiger partial charge in [0, 0.05) is 25.7 Å². The quantitative estimate of drug-likeness (QED) is 0.608. The monoisotopic (exact) mass is 449 g/mol. The maximum atomic E-state index is 13.0. The summed E-state index contributed by atoms with van der Waals surface area (Å²) in [6, 6.07) is 8.89. The molecule has 0 spiro atoms. The Hall–Kier alpha value is -3.11. The molecule has 0 aromatic heterocycles. The van der Waals surface area contributed by atoms with E-state index in [2.05, 4.69) is 10.6 Å². The van der Waals surface area contributed by atoms with Crippen LogP contribution >= 0.6 is 0 Å². The van der Waals surface area contributed by atoms with Gasteiger partial charge < -0.3 is 20.1 Å². The molecule has 0 saturated carbocycles. The third-order valence-corrected chi connectivity index (χ3v) is 6.57. The number of methoxy groups -OCH3 is 2. The molecule has 168 valence electrons. The van der Waals surface area contributed by atoms with Crippen LogP contribution in [0.5, 0.6) is 11.5 Å². The maximum Gasteiger partial charge on any atom is 0.259 e. The molecule has 0 unspecified atom stereocenters. The third kappa shape index (κ3) is 5.53. The van der Waals surface area contributed by atoms with Crippen LogP contribution in [0.3, 0.4) is 0 Å². The van der Waals surface area contributed by atoms with Crippen LogP contribution in [-0.4, -0.2) is 51.8 Å². The summed E-state index contributed by atoms with van der Waals surface area (Å²) in [5.41, 5.74) is 0.832. The summed E-state index contributed by atoms with van der Waals surface area (Å²) in [5, 5.41) is 5.33. The van der Waals surface area contributed by atoms with Crippen molar-refractivity contribution in [3.05, 3.63) is 42.0 Å². The van der Waals surface area contributed by atoms with E-state index in [1.807, 2.05) is 0 Å². The molecule has 31 heavy (non-hydrogen) atoms. The SMILES string of the molecule is CCN(CC)S(=O)(=O)c1ccc(OC)c(C(=O)Nc2ccc(OC)c(NC(C)=O)c2)c1. The van der Waals surface area contributed by atoms with Crippen molar-refractivity contribution < 1.29 is 27.5 Å². The molecule has 0 atom stereocenters. The zero-order valence-corrected chi connectivity index (χ0v) is 19.0. The Morgan fingerprint density at radius 3 is 2.10 bits per heavy atom. The zero-order chi connectivity index (χ0) is 23.2. The normalized spacial score (nSPS) is 11.2. The lowest BCUT2D eigenvalue weighted by atomic mass is 10.1. The highest BCUT2D eigenvalue weighted by atomic mass is 32.2. The third-order valence-electron chi connectivity index (χ3n) is 4.53. The Morgan fingerprint density at radius 1 is 0.935 bits per heavy atom. The van der Waals surface area contributed by atoms with Crippen molar-refractivity contribution in [1.29, 1.82) is 0 Å². The van der Waals surface area contributed by atoms with Crippen LogP contribution < -0.4 is 20.1 Å². The highest BCUT2D eigenvalue weighted by Crippen LogP contribution is 2.29. The molecule has 2 N–H and O–H groups in total. The van der Waals surface area contributed by atoms with Gasteiger partial charge in [-0.1, -0.05) is 13.8 Å². The van der Waals surface area contributed by atoms with Crippen molar-refractivity contribution in [2.75, 3.05) is 37.9 Å². The summed E-state index contributed by atoms with van der Waals surface area (Å²) in [5.74, 6) is -0.199. The molecule has 0 radical (unpaired) electrons. The van der Waals surface area contributed by atoms with Crippen LogP contribution in [0.25, 0.3) is 0 Å². The van der Waals surface area contributed by atoms with Crippen molar-refractivity contribution in [2.45, 2.75) is 25.7 Å². The Morgan fingerprint density at radius 2 is 1.55 bits per heavy atom. The summed E-state index contributed by atoms with van der Waals surface area (Å²) in [4.78, 5) is 24.4. The second-order valence-electron chi connectivity index (χ2n) is 6.50. The Labute approximate surface area is 182 Å². The number of carbonyl (C=O) groups excluding carboxylic acids is 2. The fourth-order valence-electron chi connectivity index (χ4n) is 3.01. The Balaban J connectivity index is 2.42. The van der Waals surface area contributed by atoms with Gasteiger partial charge in [-0.3, -0.25) is 9.59 Å². The molecule has 0 aliphatic heterocycles. The lowest BCUT2D eigenvalue weighted by molar-refractivity contribution is -0.114. The molecule has 0 fully saturated rings. The zero-order valence-electron chi connectivity index (χ0n) is 18.2. The first-order valence-corrected chi connectivity index (χ1v) is 11.1. The van der Waals surface area contributed by atoms with Crippen molar-refractivity contribution in [2.24, 2.45) is 0 Å². The van der Waals surface area contributed by atoms with Gasteiger partial charge in [-0.2, -0.15) is 4.31 Å². The molecular weight excluding hydrogens is 422 g/mol. The van der Waals surface area contributed by atoms with Gasteiger partial charge in [0.15, 0.2) is 0 Å². The predicted octanol–water partition coefficient (Wildman–Crippen LogP) is 2.95. The number of nitrogens with zero attached hydrogens (tertiary/aromatic N) is 1. The van der Waals surface area contributed by atoms with Crippen molar-refractivity contribution >= 4 is 33.2 Å². The molecule has 0 saturated heterocycles. The van der Waals surface area contributed by atoms with E-state index in [9.17, 15) is 18.0 Å². The minimum atomic E-state index is -3.75. The average Bonchev–Trinajstić information content (AvgIpc) is 2.73. The number of hydrogen-bond acceptors (Lipinski definition) is 6. The van der Waals surface area contributed by atoms with E-state index in [1.54, 1.807) is 32.0 Å². The fourth-order valence-corrected chi connectivity index (χ4v) is 4.49. The molecule has 2 aromatic carbocycles.